The maximum absolute atomic E-state index is 12.0. The van der Waals surface area contributed by atoms with E-state index in [-0.39, 0.29) is 11.8 Å². The summed E-state index contributed by atoms with van der Waals surface area (Å²) in [7, 11) is 0. The molecule has 0 atom stereocenters. The molecule has 0 aromatic heterocycles. The molecule has 1 N–H and O–H groups in total. The number of benzene rings is 2. The van der Waals surface area contributed by atoms with Crippen molar-refractivity contribution in [1.29, 1.82) is 0 Å². The minimum absolute atomic E-state index is 0.196. The number of carbonyl (C=O) groups is 1. The Hall–Kier alpha value is -2.03. The van der Waals surface area contributed by atoms with Crippen molar-refractivity contribution in [1.82, 2.24) is 5.32 Å². The monoisotopic (exact) mass is 297 g/mol. The molecular formula is C19H23NO2. The van der Waals surface area contributed by atoms with Crippen LogP contribution < -0.4 is 10.1 Å². The van der Waals surface area contributed by atoms with Gasteiger partial charge in [-0.25, -0.2) is 0 Å². The third kappa shape index (κ3) is 3.79. The Balaban J connectivity index is 1.44. The molecule has 0 bridgehead atoms. The van der Waals surface area contributed by atoms with Crippen LogP contribution in [0, 0.1) is 5.92 Å². The summed E-state index contributed by atoms with van der Waals surface area (Å²) < 4.78 is 5.74. The summed E-state index contributed by atoms with van der Waals surface area (Å²) in [5, 5.41) is 5.38. The summed E-state index contributed by atoms with van der Waals surface area (Å²) in [5.74, 6) is 1.27. The topological polar surface area (TPSA) is 38.3 Å². The van der Waals surface area contributed by atoms with E-state index in [2.05, 4.69) is 23.5 Å². The maximum atomic E-state index is 12.0. The van der Waals surface area contributed by atoms with Crippen LogP contribution in [0.1, 0.15) is 32.1 Å². The average Bonchev–Trinajstić information content (AvgIpc) is 2.59. The van der Waals surface area contributed by atoms with Crippen LogP contribution in [0.3, 0.4) is 0 Å². The fraction of sp³-hybridized carbons (Fsp3) is 0.421. The zero-order chi connectivity index (χ0) is 15.2. The fourth-order valence-electron chi connectivity index (χ4n) is 3.11. The van der Waals surface area contributed by atoms with Gasteiger partial charge in [-0.3, -0.25) is 4.79 Å². The van der Waals surface area contributed by atoms with Crippen LogP contribution >= 0.6 is 0 Å². The predicted octanol–water partition coefficient (Wildman–Crippen LogP) is 3.92. The number of rotatable bonds is 5. The Morgan fingerprint density at radius 1 is 1.05 bits per heavy atom. The van der Waals surface area contributed by atoms with E-state index in [1.807, 2.05) is 24.3 Å². The van der Waals surface area contributed by atoms with E-state index >= 15 is 0 Å². The normalized spacial score (nSPS) is 15.6. The van der Waals surface area contributed by atoms with Crippen LogP contribution in [0.5, 0.6) is 5.75 Å². The molecule has 0 aliphatic heterocycles. The lowest BCUT2D eigenvalue weighted by Gasteiger charge is -2.20. The number of carbonyl (C=O) groups excluding carboxylic acids is 1. The van der Waals surface area contributed by atoms with Crippen molar-refractivity contribution >= 4 is 16.7 Å². The zero-order valence-electron chi connectivity index (χ0n) is 12.9. The van der Waals surface area contributed by atoms with E-state index < -0.39 is 0 Å². The fourth-order valence-corrected chi connectivity index (χ4v) is 3.11. The summed E-state index contributed by atoms with van der Waals surface area (Å²) in [6.45, 7) is 1.08. The van der Waals surface area contributed by atoms with Gasteiger partial charge in [0.2, 0.25) is 5.91 Å². The number of hydrogen-bond donors (Lipinski definition) is 1. The molecule has 2 aromatic rings. The first kappa shape index (κ1) is 14.9. The highest BCUT2D eigenvalue weighted by atomic mass is 16.5. The van der Waals surface area contributed by atoms with Gasteiger partial charge in [0.1, 0.15) is 12.4 Å². The van der Waals surface area contributed by atoms with Crippen molar-refractivity contribution in [2.24, 2.45) is 5.92 Å². The molecule has 116 valence electrons. The number of amides is 1. The standard InChI is InChI=1S/C19H23NO2/c21-19(16-7-2-1-3-8-16)20-12-13-22-18-11-10-15-6-4-5-9-17(15)14-18/h4-6,9-11,14,16H,1-3,7-8,12-13H2,(H,20,21). The minimum Gasteiger partial charge on any atom is -0.492 e. The largest absolute Gasteiger partial charge is 0.492 e. The second kappa shape index (κ2) is 7.30. The van der Waals surface area contributed by atoms with Gasteiger partial charge >= 0.3 is 0 Å². The van der Waals surface area contributed by atoms with Crippen LogP contribution in [0.2, 0.25) is 0 Å². The molecule has 0 saturated heterocycles. The number of nitrogens with one attached hydrogen (secondary N) is 1. The van der Waals surface area contributed by atoms with Gasteiger partial charge in [0, 0.05) is 5.92 Å². The lowest BCUT2D eigenvalue weighted by atomic mass is 9.89. The van der Waals surface area contributed by atoms with Crippen molar-refractivity contribution in [2.75, 3.05) is 13.2 Å². The van der Waals surface area contributed by atoms with Gasteiger partial charge in [0.25, 0.3) is 0 Å². The molecule has 1 fully saturated rings. The Labute approximate surface area is 131 Å². The Bertz CT molecular complexity index is 632. The molecule has 1 aliphatic rings. The molecule has 0 spiro atoms. The SMILES string of the molecule is O=C(NCCOc1ccc2ccccc2c1)C1CCCCC1. The third-order valence-electron chi connectivity index (χ3n) is 4.37. The lowest BCUT2D eigenvalue weighted by molar-refractivity contribution is -0.126. The van der Waals surface area contributed by atoms with Gasteiger partial charge in [0.05, 0.1) is 6.54 Å². The Morgan fingerprint density at radius 2 is 1.82 bits per heavy atom. The van der Waals surface area contributed by atoms with Gasteiger partial charge < -0.3 is 10.1 Å². The molecule has 1 aliphatic carbocycles. The smallest absolute Gasteiger partial charge is 0.223 e. The summed E-state index contributed by atoms with van der Waals surface area (Å²) in [6, 6.07) is 14.3. The average molecular weight is 297 g/mol. The van der Waals surface area contributed by atoms with Crippen molar-refractivity contribution < 1.29 is 9.53 Å². The van der Waals surface area contributed by atoms with Gasteiger partial charge in [0.15, 0.2) is 0 Å². The number of hydrogen-bond acceptors (Lipinski definition) is 2. The van der Waals surface area contributed by atoms with E-state index in [1.165, 1.54) is 30.0 Å². The summed E-state index contributed by atoms with van der Waals surface area (Å²) in [6.07, 6.45) is 5.72. The Kier molecular flexibility index (Phi) is 4.94. The first-order valence-corrected chi connectivity index (χ1v) is 8.22. The maximum Gasteiger partial charge on any atom is 0.223 e. The number of fused-ring (bicyclic) bond motifs is 1. The van der Waals surface area contributed by atoms with E-state index in [4.69, 9.17) is 4.74 Å². The first-order valence-electron chi connectivity index (χ1n) is 8.22. The van der Waals surface area contributed by atoms with Crippen LogP contribution in [0.25, 0.3) is 10.8 Å². The van der Waals surface area contributed by atoms with Crippen molar-refractivity contribution in [3.05, 3.63) is 42.5 Å². The molecule has 1 saturated carbocycles. The van der Waals surface area contributed by atoms with Crippen molar-refractivity contribution in [3.63, 3.8) is 0 Å². The molecule has 0 radical (unpaired) electrons. The highest BCUT2D eigenvalue weighted by Gasteiger charge is 2.20. The summed E-state index contributed by atoms with van der Waals surface area (Å²) in [5.41, 5.74) is 0. The summed E-state index contributed by atoms with van der Waals surface area (Å²) >= 11 is 0. The van der Waals surface area contributed by atoms with E-state index in [0.717, 1.165) is 18.6 Å². The molecular weight excluding hydrogens is 274 g/mol. The minimum atomic E-state index is 0.196. The van der Waals surface area contributed by atoms with Crippen LogP contribution in [-0.4, -0.2) is 19.1 Å². The van der Waals surface area contributed by atoms with Gasteiger partial charge in [-0.1, -0.05) is 49.6 Å². The quantitative estimate of drug-likeness (QED) is 0.850. The van der Waals surface area contributed by atoms with Crippen molar-refractivity contribution in [3.8, 4) is 5.75 Å². The number of ether oxygens (including phenoxy) is 1. The van der Waals surface area contributed by atoms with Gasteiger partial charge in [-0.15, -0.1) is 0 Å². The van der Waals surface area contributed by atoms with Crippen molar-refractivity contribution in [2.45, 2.75) is 32.1 Å². The third-order valence-corrected chi connectivity index (χ3v) is 4.37. The zero-order valence-corrected chi connectivity index (χ0v) is 12.9. The van der Waals surface area contributed by atoms with E-state index in [1.54, 1.807) is 0 Å². The van der Waals surface area contributed by atoms with Crippen LogP contribution in [0.4, 0.5) is 0 Å². The highest BCUT2D eigenvalue weighted by Crippen LogP contribution is 2.23. The lowest BCUT2D eigenvalue weighted by Crippen LogP contribution is -2.34. The molecule has 1 amide bonds. The van der Waals surface area contributed by atoms with Gasteiger partial charge in [-0.2, -0.15) is 0 Å². The Morgan fingerprint density at radius 3 is 2.64 bits per heavy atom. The second-order valence-corrected chi connectivity index (χ2v) is 5.98. The molecule has 0 unspecified atom stereocenters. The molecule has 2 aromatic carbocycles. The first-order chi connectivity index (χ1) is 10.8. The molecule has 22 heavy (non-hydrogen) atoms. The predicted molar refractivity (Wildman–Crippen MR) is 89.0 cm³/mol. The van der Waals surface area contributed by atoms with E-state index in [9.17, 15) is 4.79 Å². The highest BCUT2D eigenvalue weighted by molar-refractivity contribution is 5.83. The molecule has 3 heteroatoms. The second-order valence-electron chi connectivity index (χ2n) is 5.98. The molecule has 0 heterocycles. The van der Waals surface area contributed by atoms with E-state index in [0.29, 0.717) is 13.2 Å². The summed E-state index contributed by atoms with van der Waals surface area (Å²) in [4.78, 5) is 12.0. The van der Waals surface area contributed by atoms with Crippen LogP contribution in [0.15, 0.2) is 42.5 Å². The molecule has 3 rings (SSSR count). The molecule has 3 nitrogen and oxygen atoms in total. The van der Waals surface area contributed by atoms with Crippen LogP contribution in [-0.2, 0) is 4.79 Å². The van der Waals surface area contributed by atoms with Gasteiger partial charge in [-0.05, 0) is 35.7 Å².